The van der Waals surface area contributed by atoms with Crippen LogP contribution in [-0.4, -0.2) is 22.2 Å². The van der Waals surface area contributed by atoms with Gasteiger partial charge in [0.2, 0.25) is 0 Å². The quantitative estimate of drug-likeness (QED) is 0.766. The van der Waals surface area contributed by atoms with E-state index in [9.17, 15) is 4.79 Å². The number of aryl methyl sites for hydroxylation is 1. The second-order valence-corrected chi connectivity index (χ2v) is 7.34. The summed E-state index contributed by atoms with van der Waals surface area (Å²) in [5.41, 5.74) is 2.06. The zero-order chi connectivity index (χ0) is 15.7. The van der Waals surface area contributed by atoms with Crippen LogP contribution in [0.1, 0.15) is 18.9 Å². The number of aliphatic imine (C=N–C) groups is 1. The van der Waals surface area contributed by atoms with E-state index in [4.69, 9.17) is 11.6 Å². The van der Waals surface area contributed by atoms with E-state index in [0.29, 0.717) is 11.8 Å². The van der Waals surface area contributed by atoms with Gasteiger partial charge in [-0.3, -0.25) is 9.79 Å². The zero-order valence-corrected chi connectivity index (χ0v) is 14.3. The molecule has 0 saturated heterocycles. The first kappa shape index (κ1) is 15.5. The molecule has 5 heteroatoms. The summed E-state index contributed by atoms with van der Waals surface area (Å²) in [6.45, 7) is 2.16. The second-order valence-electron chi connectivity index (χ2n) is 5.97. The number of fused-ring (bicyclic) bond motifs is 1. The fourth-order valence-corrected chi connectivity index (χ4v) is 4.26. The lowest BCUT2D eigenvalue weighted by atomic mass is 9.80. The molecule has 3 rings (SSSR count). The van der Waals surface area contributed by atoms with Crippen LogP contribution in [0.3, 0.4) is 0 Å². The highest BCUT2D eigenvalue weighted by molar-refractivity contribution is 7.16. The molecule has 22 heavy (non-hydrogen) atoms. The third-order valence-electron chi connectivity index (χ3n) is 4.50. The van der Waals surface area contributed by atoms with Crippen molar-refractivity contribution in [2.24, 2.45) is 18.0 Å². The normalized spacial score (nSPS) is 21.8. The molecule has 0 saturated carbocycles. The van der Waals surface area contributed by atoms with E-state index in [2.05, 4.69) is 30.1 Å². The fourth-order valence-electron chi connectivity index (χ4n) is 3.05. The smallest absolute Gasteiger partial charge is 0.302 e. The van der Waals surface area contributed by atoms with Gasteiger partial charge in [0.15, 0.2) is 0 Å². The van der Waals surface area contributed by atoms with Crippen LogP contribution < -0.4 is 4.87 Å². The molecule has 1 aliphatic rings. The molecule has 2 unspecified atom stereocenters. The summed E-state index contributed by atoms with van der Waals surface area (Å²) in [6, 6.07) is 6.28. The van der Waals surface area contributed by atoms with Gasteiger partial charge in [-0.05, 0) is 49.5 Å². The molecule has 1 aromatic carbocycles. The molecule has 1 aliphatic heterocycles. The van der Waals surface area contributed by atoms with Crippen molar-refractivity contribution < 1.29 is 0 Å². The van der Waals surface area contributed by atoms with Crippen LogP contribution in [0.25, 0.3) is 10.2 Å². The van der Waals surface area contributed by atoms with Crippen LogP contribution in [0.4, 0.5) is 0 Å². The van der Waals surface area contributed by atoms with E-state index in [0.717, 1.165) is 23.1 Å². The molecular weight excluding hydrogens is 316 g/mol. The fraction of sp³-hybridized carbons (Fsp3) is 0.412. The number of hydrogen-bond acceptors (Lipinski definition) is 3. The molecular formula is C17H19ClN2OS. The van der Waals surface area contributed by atoms with E-state index in [-0.39, 0.29) is 10.4 Å². The summed E-state index contributed by atoms with van der Waals surface area (Å²) in [7, 11) is 1.82. The van der Waals surface area contributed by atoms with Gasteiger partial charge in [-0.1, -0.05) is 23.5 Å². The SMILES string of the molecule is Cn1c(=O)sc2cc(CC(CCCl)C3(C)C=CC=N3)ccc21. The molecule has 2 aromatic rings. The van der Waals surface area contributed by atoms with Crippen molar-refractivity contribution in [2.75, 3.05) is 5.88 Å². The monoisotopic (exact) mass is 334 g/mol. The number of nitrogens with zero attached hydrogens (tertiary/aromatic N) is 2. The number of allylic oxidation sites excluding steroid dienone is 1. The van der Waals surface area contributed by atoms with Gasteiger partial charge in [-0.2, -0.15) is 0 Å². The highest BCUT2D eigenvalue weighted by Crippen LogP contribution is 2.33. The van der Waals surface area contributed by atoms with Crippen molar-refractivity contribution in [2.45, 2.75) is 25.3 Å². The van der Waals surface area contributed by atoms with Gasteiger partial charge in [-0.15, -0.1) is 11.6 Å². The average molecular weight is 335 g/mol. The van der Waals surface area contributed by atoms with E-state index < -0.39 is 0 Å². The number of thiazole rings is 1. The predicted octanol–water partition coefficient (Wildman–Crippen LogP) is 3.79. The molecule has 0 radical (unpaired) electrons. The Kier molecular flexibility index (Phi) is 4.24. The van der Waals surface area contributed by atoms with Crippen molar-refractivity contribution in [3.8, 4) is 0 Å². The van der Waals surface area contributed by atoms with Gasteiger partial charge in [0, 0.05) is 19.1 Å². The molecule has 0 N–H and O–H groups in total. The van der Waals surface area contributed by atoms with Crippen LogP contribution in [0.2, 0.25) is 0 Å². The van der Waals surface area contributed by atoms with Gasteiger partial charge < -0.3 is 4.57 Å². The molecule has 116 valence electrons. The molecule has 0 amide bonds. The third-order valence-corrected chi connectivity index (χ3v) is 5.71. The van der Waals surface area contributed by atoms with Gasteiger partial charge in [0.1, 0.15) is 0 Å². The van der Waals surface area contributed by atoms with Gasteiger partial charge in [-0.25, -0.2) is 0 Å². The van der Waals surface area contributed by atoms with Crippen LogP contribution in [0, 0.1) is 5.92 Å². The number of hydrogen-bond donors (Lipinski definition) is 0. The molecule has 0 bridgehead atoms. The maximum atomic E-state index is 11.8. The van der Waals surface area contributed by atoms with E-state index >= 15 is 0 Å². The molecule has 0 spiro atoms. The Morgan fingerprint density at radius 2 is 2.27 bits per heavy atom. The minimum Gasteiger partial charge on any atom is -0.302 e. The first-order valence-corrected chi connectivity index (χ1v) is 8.76. The van der Waals surface area contributed by atoms with E-state index in [1.165, 1.54) is 16.9 Å². The summed E-state index contributed by atoms with van der Waals surface area (Å²) in [4.78, 5) is 16.5. The van der Waals surface area contributed by atoms with E-state index in [1.54, 1.807) is 4.57 Å². The van der Waals surface area contributed by atoms with Crippen LogP contribution in [-0.2, 0) is 13.5 Å². The van der Waals surface area contributed by atoms with Crippen molar-refractivity contribution in [1.82, 2.24) is 4.57 Å². The molecule has 2 heterocycles. The summed E-state index contributed by atoms with van der Waals surface area (Å²) >= 11 is 7.31. The molecule has 2 atom stereocenters. The highest BCUT2D eigenvalue weighted by atomic mass is 35.5. The summed E-state index contributed by atoms with van der Waals surface area (Å²) in [6.07, 6.45) is 7.86. The lowest BCUT2D eigenvalue weighted by molar-refractivity contribution is 0.354. The number of benzene rings is 1. The van der Waals surface area contributed by atoms with Crippen molar-refractivity contribution in [3.63, 3.8) is 0 Å². The number of rotatable bonds is 5. The standard InChI is InChI=1S/C17H19ClN2OS/c1-17(7-3-9-19-17)13(6-8-18)10-12-4-5-14-15(11-12)22-16(21)20(14)2/h3-5,7,9,11,13H,6,8,10H2,1-2H3. The number of aromatic nitrogens is 1. The lowest BCUT2D eigenvalue weighted by Gasteiger charge is -2.30. The number of halogens is 1. The van der Waals surface area contributed by atoms with Crippen LogP contribution in [0.15, 0.2) is 40.1 Å². The summed E-state index contributed by atoms with van der Waals surface area (Å²) < 4.78 is 2.75. The Bertz CT molecular complexity index is 791. The Balaban J connectivity index is 1.91. The van der Waals surface area contributed by atoms with Gasteiger partial charge in [0.05, 0.1) is 15.8 Å². The zero-order valence-electron chi connectivity index (χ0n) is 12.8. The Morgan fingerprint density at radius 1 is 1.45 bits per heavy atom. The van der Waals surface area contributed by atoms with Crippen LogP contribution in [0.5, 0.6) is 0 Å². The van der Waals surface area contributed by atoms with Crippen LogP contribution >= 0.6 is 22.9 Å². The molecule has 0 aliphatic carbocycles. The minimum absolute atomic E-state index is 0.0831. The predicted molar refractivity (Wildman–Crippen MR) is 95.6 cm³/mol. The second kappa shape index (κ2) is 6.01. The molecule has 3 nitrogen and oxygen atoms in total. The van der Waals surface area contributed by atoms with Gasteiger partial charge >= 0.3 is 4.87 Å². The number of alkyl halides is 1. The van der Waals surface area contributed by atoms with Crippen molar-refractivity contribution >= 4 is 39.4 Å². The lowest BCUT2D eigenvalue weighted by Crippen LogP contribution is -2.31. The summed E-state index contributed by atoms with van der Waals surface area (Å²) in [5.74, 6) is 0.989. The topological polar surface area (TPSA) is 34.4 Å². The van der Waals surface area contributed by atoms with Crippen molar-refractivity contribution in [1.29, 1.82) is 0 Å². The average Bonchev–Trinajstić information content (AvgIpc) is 3.05. The van der Waals surface area contributed by atoms with E-state index in [1.807, 2.05) is 25.4 Å². The third kappa shape index (κ3) is 2.77. The maximum Gasteiger partial charge on any atom is 0.307 e. The Hall–Kier alpha value is -1.39. The summed E-state index contributed by atoms with van der Waals surface area (Å²) in [5, 5.41) is 0. The van der Waals surface area contributed by atoms with Crippen molar-refractivity contribution in [3.05, 3.63) is 45.6 Å². The highest BCUT2D eigenvalue weighted by Gasteiger charge is 2.32. The maximum absolute atomic E-state index is 11.8. The Morgan fingerprint density at radius 3 is 2.95 bits per heavy atom. The first-order valence-electron chi connectivity index (χ1n) is 7.41. The molecule has 1 aromatic heterocycles. The van der Waals surface area contributed by atoms with Gasteiger partial charge in [0.25, 0.3) is 0 Å². The Labute approximate surface area is 138 Å². The minimum atomic E-state index is -0.173. The molecule has 0 fully saturated rings. The largest absolute Gasteiger partial charge is 0.307 e. The first-order chi connectivity index (χ1) is 10.5.